The van der Waals surface area contributed by atoms with Gasteiger partial charge in [0.25, 0.3) is 0 Å². The predicted octanol–water partition coefficient (Wildman–Crippen LogP) is 1.35. The lowest BCUT2D eigenvalue weighted by Gasteiger charge is -2.33. The maximum Gasteiger partial charge on any atom is 0.236 e. The first-order chi connectivity index (χ1) is 11.9. The van der Waals surface area contributed by atoms with E-state index < -0.39 is 0 Å². The number of amides is 1. The van der Waals surface area contributed by atoms with Gasteiger partial charge in [-0.1, -0.05) is 6.92 Å². The van der Waals surface area contributed by atoms with E-state index in [1.165, 1.54) is 6.33 Å². The number of aromatic nitrogens is 3. The van der Waals surface area contributed by atoms with E-state index in [2.05, 4.69) is 15.0 Å². The van der Waals surface area contributed by atoms with Crippen LogP contribution in [0.4, 0.5) is 5.82 Å². The summed E-state index contributed by atoms with van der Waals surface area (Å²) in [6.45, 7) is 4.77. The summed E-state index contributed by atoms with van der Waals surface area (Å²) in [6.07, 6.45) is 1.91. The summed E-state index contributed by atoms with van der Waals surface area (Å²) in [5.74, 6) is -0.431. The number of aromatic amines is 1. The van der Waals surface area contributed by atoms with Crippen molar-refractivity contribution >= 4 is 22.8 Å². The molecule has 2 heterocycles. The third-order valence-electron chi connectivity index (χ3n) is 4.27. The molecule has 2 aromatic heterocycles. The summed E-state index contributed by atoms with van der Waals surface area (Å²) in [5, 5.41) is 28.8. The van der Waals surface area contributed by atoms with E-state index in [1.54, 1.807) is 4.90 Å². The number of likely N-dealkylation sites (N-methyl/N-ethyl adjacent to an activating group) is 2. The van der Waals surface area contributed by atoms with Crippen LogP contribution in [0.25, 0.3) is 11.0 Å². The standard InChI is InChI=1S/C16H22N6O3/c1-4-10(8-22(5-2)11(23)6-7-17)21(3)15-12-13(24)16(25)20-14(12)18-9-19-15/h9-10,24-25H,4-6,8H2,1-3H3,(H,18,19,20). The first-order valence-electron chi connectivity index (χ1n) is 8.06. The summed E-state index contributed by atoms with van der Waals surface area (Å²) in [6, 6.07) is 1.79. The molecular formula is C16H22N6O3. The molecule has 9 heteroatoms. The lowest BCUT2D eigenvalue weighted by molar-refractivity contribution is -0.130. The Bertz CT molecular complexity index is 797. The van der Waals surface area contributed by atoms with Crippen LogP contribution in [0.3, 0.4) is 0 Å². The van der Waals surface area contributed by atoms with Crippen LogP contribution in [0.15, 0.2) is 6.33 Å². The van der Waals surface area contributed by atoms with E-state index in [0.29, 0.717) is 29.9 Å². The fourth-order valence-electron chi connectivity index (χ4n) is 2.79. The van der Waals surface area contributed by atoms with Crippen molar-refractivity contribution < 1.29 is 15.0 Å². The van der Waals surface area contributed by atoms with Crippen LogP contribution >= 0.6 is 0 Å². The van der Waals surface area contributed by atoms with Gasteiger partial charge in [0, 0.05) is 26.2 Å². The Hall–Kier alpha value is -3.02. The number of aromatic hydroxyl groups is 2. The highest BCUT2D eigenvalue weighted by Gasteiger charge is 2.24. The molecule has 0 spiro atoms. The summed E-state index contributed by atoms with van der Waals surface area (Å²) >= 11 is 0. The number of carbonyl (C=O) groups is 1. The minimum absolute atomic E-state index is 0.0860. The second kappa shape index (κ2) is 7.70. The van der Waals surface area contributed by atoms with E-state index in [1.807, 2.05) is 31.9 Å². The van der Waals surface area contributed by atoms with Gasteiger partial charge in [-0.25, -0.2) is 9.97 Å². The number of hydrogen-bond acceptors (Lipinski definition) is 7. The van der Waals surface area contributed by atoms with E-state index >= 15 is 0 Å². The number of rotatable bonds is 7. The third-order valence-corrected chi connectivity index (χ3v) is 4.27. The number of carbonyl (C=O) groups excluding carboxylic acids is 1. The number of nitrogens with one attached hydrogen (secondary N) is 1. The molecule has 1 amide bonds. The number of H-pyrrole nitrogens is 1. The average Bonchev–Trinajstić information content (AvgIpc) is 2.90. The van der Waals surface area contributed by atoms with Gasteiger partial charge in [-0.05, 0) is 13.3 Å². The number of hydrogen-bond donors (Lipinski definition) is 3. The topological polar surface area (TPSA) is 129 Å². The van der Waals surface area contributed by atoms with Gasteiger partial charge in [0.2, 0.25) is 11.8 Å². The van der Waals surface area contributed by atoms with Crippen molar-refractivity contribution in [1.82, 2.24) is 19.9 Å². The molecule has 0 fully saturated rings. The van der Waals surface area contributed by atoms with Crippen molar-refractivity contribution in [2.24, 2.45) is 0 Å². The molecule has 25 heavy (non-hydrogen) atoms. The molecule has 9 nitrogen and oxygen atoms in total. The first-order valence-corrected chi connectivity index (χ1v) is 8.06. The zero-order valence-electron chi connectivity index (χ0n) is 14.5. The SMILES string of the molecule is CCC(CN(CC)C(=O)CC#N)N(C)c1ncnc2[nH]c(O)c(O)c12. The molecule has 2 rings (SSSR count). The maximum absolute atomic E-state index is 12.0. The quantitative estimate of drug-likeness (QED) is 0.690. The van der Waals surface area contributed by atoms with Gasteiger partial charge in [0.05, 0.1) is 6.07 Å². The summed E-state index contributed by atoms with van der Waals surface area (Å²) in [5.41, 5.74) is 0.328. The summed E-state index contributed by atoms with van der Waals surface area (Å²) < 4.78 is 0. The molecule has 134 valence electrons. The van der Waals surface area contributed by atoms with Gasteiger partial charge in [0.15, 0.2) is 5.75 Å². The molecule has 0 aliphatic rings. The lowest BCUT2D eigenvalue weighted by atomic mass is 10.1. The minimum Gasteiger partial charge on any atom is -0.503 e. The fourth-order valence-corrected chi connectivity index (χ4v) is 2.79. The molecular weight excluding hydrogens is 324 g/mol. The molecule has 0 aliphatic heterocycles. The van der Waals surface area contributed by atoms with E-state index in [-0.39, 0.29) is 30.0 Å². The van der Waals surface area contributed by atoms with Crippen molar-refractivity contribution in [2.75, 3.05) is 25.0 Å². The molecule has 0 aliphatic carbocycles. The Morgan fingerprint density at radius 1 is 1.40 bits per heavy atom. The van der Waals surface area contributed by atoms with E-state index in [4.69, 9.17) is 5.26 Å². The largest absolute Gasteiger partial charge is 0.503 e. The van der Waals surface area contributed by atoms with Crippen LogP contribution < -0.4 is 4.90 Å². The molecule has 1 atom stereocenters. The zero-order valence-corrected chi connectivity index (χ0v) is 14.5. The average molecular weight is 346 g/mol. The van der Waals surface area contributed by atoms with E-state index in [9.17, 15) is 15.0 Å². The Balaban J connectivity index is 2.32. The zero-order chi connectivity index (χ0) is 18.6. The maximum atomic E-state index is 12.0. The highest BCUT2D eigenvalue weighted by molar-refractivity contribution is 5.95. The first kappa shape index (κ1) is 18.3. The van der Waals surface area contributed by atoms with Crippen LogP contribution in [0, 0.1) is 11.3 Å². The van der Waals surface area contributed by atoms with Gasteiger partial charge < -0.3 is 25.0 Å². The Labute approximate surface area is 145 Å². The van der Waals surface area contributed by atoms with E-state index in [0.717, 1.165) is 6.42 Å². The van der Waals surface area contributed by atoms with Gasteiger partial charge in [-0.2, -0.15) is 5.26 Å². The Morgan fingerprint density at radius 2 is 2.12 bits per heavy atom. The minimum atomic E-state index is -0.363. The summed E-state index contributed by atoms with van der Waals surface area (Å²) in [4.78, 5) is 26.3. The second-order valence-electron chi connectivity index (χ2n) is 5.68. The van der Waals surface area contributed by atoms with Gasteiger partial charge >= 0.3 is 0 Å². The van der Waals surface area contributed by atoms with Crippen LogP contribution in [-0.2, 0) is 4.79 Å². The lowest BCUT2D eigenvalue weighted by Crippen LogP contribution is -2.44. The molecule has 0 aromatic carbocycles. The van der Waals surface area contributed by atoms with Crippen molar-refractivity contribution in [3.8, 4) is 17.7 Å². The normalized spacial score (nSPS) is 11.9. The highest BCUT2D eigenvalue weighted by atomic mass is 16.3. The Kier molecular flexibility index (Phi) is 5.64. The van der Waals surface area contributed by atoms with Gasteiger partial charge in [0.1, 0.15) is 29.6 Å². The van der Waals surface area contributed by atoms with Crippen molar-refractivity contribution in [3.63, 3.8) is 0 Å². The fraction of sp³-hybridized carbons (Fsp3) is 0.500. The van der Waals surface area contributed by atoms with Crippen LogP contribution in [-0.4, -0.2) is 62.2 Å². The molecule has 1 unspecified atom stereocenters. The number of nitriles is 1. The summed E-state index contributed by atoms with van der Waals surface area (Å²) in [7, 11) is 1.81. The predicted molar refractivity (Wildman–Crippen MR) is 92.2 cm³/mol. The van der Waals surface area contributed by atoms with Crippen LogP contribution in [0.1, 0.15) is 26.7 Å². The van der Waals surface area contributed by atoms with Gasteiger partial charge in [-0.3, -0.25) is 4.79 Å². The molecule has 2 aromatic rings. The highest BCUT2D eigenvalue weighted by Crippen LogP contribution is 2.38. The van der Waals surface area contributed by atoms with Gasteiger partial charge in [-0.15, -0.1) is 0 Å². The van der Waals surface area contributed by atoms with Crippen LogP contribution in [0.5, 0.6) is 11.6 Å². The van der Waals surface area contributed by atoms with Crippen LogP contribution in [0.2, 0.25) is 0 Å². The molecule has 0 saturated carbocycles. The van der Waals surface area contributed by atoms with Crippen molar-refractivity contribution in [2.45, 2.75) is 32.7 Å². The second-order valence-corrected chi connectivity index (χ2v) is 5.68. The molecule has 0 bridgehead atoms. The number of anilines is 1. The monoisotopic (exact) mass is 346 g/mol. The molecule has 0 radical (unpaired) electrons. The van der Waals surface area contributed by atoms with Crippen molar-refractivity contribution in [1.29, 1.82) is 5.26 Å². The Morgan fingerprint density at radius 3 is 2.72 bits per heavy atom. The number of fused-ring (bicyclic) bond motifs is 1. The third kappa shape index (κ3) is 3.57. The van der Waals surface area contributed by atoms with Crippen molar-refractivity contribution in [3.05, 3.63) is 6.33 Å². The smallest absolute Gasteiger partial charge is 0.236 e. The number of nitrogens with zero attached hydrogens (tertiary/aromatic N) is 5. The molecule has 0 saturated heterocycles. The molecule has 3 N–H and O–H groups in total.